The molecule has 1 aromatic carbocycles. The van der Waals surface area contributed by atoms with Gasteiger partial charge in [0, 0.05) is 16.6 Å². The third-order valence-corrected chi connectivity index (χ3v) is 6.05. The summed E-state index contributed by atoms with van der Waals surface area (Å²) in [5, 5.41) is 1.37. The highest BCUT2D eigenvalue weighted by Crippen LogP contribution is 2.42. The first kappa shape index (κ1) is 12.6. The molecule has 1 aromatic rings. The Hall–Kier alpha value is -0.410. The van der Waals surface area contributed by atoms with Crippen LogP contribution in [0.4, 0.5) is 5.69 Å². The van der Waals surface area contributed by atoms with Crippen LogP contribution in [0, 0.1) is 11.8 Å². The van der Waals surface area contributed by atoms with Crippen molar-refractivity contribution >= 4 is 34.3 Å². The van der Waals surface area contributed by atoms with Crippen molar-refractivity contribution in [2.45, 2.75) is 30.6 Å². The molecule has 3 rings (SSSR count). The van der Waals surface area contributed by atoms with Gasteiger partial charge in [-0.15, -0.1) is 23.5 Å². The lowest BCUT2D eigenvalue weighted by Crippen LogP contribution is -2.27. The topological polar surface area (TPSA) is 12.4 Å². The average molecular weight is 277 g/mol. The maximum atomic E-state index is 4.96. The Morgan fingerprint density at radius 3 is 2.94 bits per heavy atom. The van der Waals surface area contributed by atoms with Crippen molar-refractivity contribution in [2.75, 3.05) is 12.0 Å². The fourth-order valence-electron chi connectivity index (χ4n) is 3.00. The van der Waals surface area contributed by atoms with Crippen molar-refractivity contribution < 1.29 is 0 Å². The smallest absolute Gasteiger partial charge is 0.0775 e. The first-order chi connectivity index (χ1) is 8.88. The van der Waals surface area contributed by atoms with E-state index in [2.05, 4.69) is 30.5 Å². The summed E-state index contributed by atoms with van der Waals surface area (Å²) in [5.74, 6) is 2.82. The van der Waals surface area contributed by atoms with Gasteiger partial charge < -0.3 is 0 Å². The molecule has 1 aliphatic carbocycles. The molecule has 2 aliphatic rings. The number of rotatable bonds is 0. The zero-order valence-corrected chi connectivity index (χ0v) is 12.4. The Balaban J connectivity index is 2.00. The van der Waals surface area contributed by atoms with Gasteiger partial charge in [0.15, 0.2) is 0 Å². The van der Waals surface area contributed by atoms with E-state index >= 15 is 0 Å². The van der Waals surface area contributed by atoms with Crippen molar-refractivity contribution in [3.8, 4) is 0 Å². The molecule has 2 atom stereocenters. The largest absolute Gasteiger partial charge is 0.245 e. The average Bonchev–Trinajstić information content (AvgIpc) is 2.41. The van der Waals surface area contributed by atoms with Crippen LogP contribution in [-0.4, -0.2) is 17.1 Å². The molecule has 18 heavy (non-hydrogen) atoms. The van der Waals surface area contributed by atoms with Crippen molar-refractivity contribution in [2.24, 2.45) is 16.8 Å². The van der Waals surface area contributed by atoms with Crippen LogP contribution in [0.2, 0.25) is 0 Å². The van der Waals surface area contributed by atoms with Gasteiger partial charge in [0.1, 0.15) is 0 Å². The summed E-state index contributed by atoms with van der Waals surface area (Å²) in [4.78, 5) is 6.32. The lowest BCUT2D eigenvalue weighted by molar-refractivity contribution is 0.333. The van der Waals surface area contributed by atoms with Gasteiger partial charge in [-0.05, 0) is 37.1 Å². The van der Waals surface area contributed by atoms with E-state index in [0.717, 1.165) is 11.8 Å². The summed E-state index contributed by atoms with van der Waals surface area (Å²) in [5.41, 5.74) is 1.18. The number of fused-ring (bicyclic) bond motifs is 2. The fourth-order valence-corrected chi connectivity index (χ4v) is 5.03. The van der Waals surface area contributed by atoms with Crippen molar-refractivity contribution in [1.82, 2.24) is 0 Å². The molecule has 1 nitrogen and oxygen atoms in total. The molecular weight excluding hydrogens is 258 g/mol. The number of hydrogen-bond donors (Lipinski definition) is 0. The Bertz CT molecular complexity index is 456. The molecule has 0 bridgehead atoms. The quantitative estimate of drug-likeness (QED) is 0.662. The minimum absolute atomic E-state index is 0.717. The maximum absolute atomic E-state index is 4.96. The predicted molar refractivity (Wildman–Crippen MR) is 83.2 cm³/mol. The van der Waals surface area contributed by atoms with Gasteiger partial charge in [-0.3, -0.25) is 0 Å². The third-order valence-electron chi connectivity index (χ3n) is 3.98. The van der Waals surface area contributed by atoms with Crippen LogP contribution in [0.5, 0.6) is 0 Å². The Morgan fingerprint density at radius 2 is 2.06 bits per heavy atom. The molecule has 1 saturated carbocycles. The van der Waals surface area contributed by atoms with Gasteiger partial charge in [-0.1, -0.05) is 25.0 Å². The van der Waals surface area contributed by atoms with E-state index in [1.165, 1.54) is 47.1 Å². The number of nitrogens with zero attached hydrogens (tertiary/aromatic N) is 1. The van der Waals surface area contributed by atoms with Crippen LogP contribution in [0.25, 0.3) is 0 Å². The standard InChI is InChI=1S/C15H19NS2/c1-17-15-12-7-3-2-6-11(12)10-18-14-9-5-4-8-13(14)16-15/h4-5,8-9,11-12H,2-3,6-7,10H2,1H3/b16-15+. The Kier molecular flexibility index (Phi) is 4.00. The summed E-state index contributed by atoms with van der Waals surface area (Å²) in [6.45, 7) is 0. The van der Waals surface area contributed by atoms with Crippen LogP contribution in [0.1, 0.15) is 25.7 Å². The monoisotopic (exact) mass is 277 g/mol. The second-order valence-corrected chi connectivity index (χ2v) is 6.97. The van der Waals surface area contributed by atoms with Crippen LogP contribution in [0.3, 0.4) is 0 Å². The van der Waals surface area contributed by atoms with E-state index in [1.807, 2.05) is 23.5 Å². The Labute approximate surface area is 118 Å². The summed E-state index contributed by atoms with van der Waals surface area (Å²) >= 11 is 3.86. The molecule has 0 saturated heterocycles. The van der Waals surface area contributed by atoms with Gasteiger partial charge in [0.05, 0.1) is 10.7 Å². The van der Waals surface area contributed by atoms with Gasteiger partial charge in [-0.2, -0.15) is 0 Å². The second kappa shape index (κ2) is 5.70. The van der Waals surface area contributed by atoms with Gasteiger partial charge in [0.2, 0.25) is 0 Å². The molecule has 0 N–H and O–H groups in total. The third kappa shape index (κ3) is 2.48. The van der Waals surface area contributed by atoms with Crippen LogP contribution >= 0.6 is 23.5 Å². The molecule has 0 aromatic heterocycles. The van der Waals surface area contributed by atoms with E-state index in [1.54, 1.807) is 0 Å². The fraction of sp³-hybridized carbons (Fsp3) is 0.533. The number of benzene rings is 1. The predicted octanol–water partition coefficient (Wildman–Crippen LogP) is 4.99. The molecule has 96 valence electrons. The highest BCUT2D eigenvalue weighted by molar-refractivity contribution is 8.13. The van der Waals surface area contributed by atoms with E-state index in [4.69, 9.17) is 4.99 Å². The van der Waals surface area contributed by atoms with E-state index < -0.39 is 0 Å². The molecule has 1 aliphatic heterocycles. The summed E-state index contributed by atoms with van der Waals surface area (Å²) in [6, 6.07) is 8.59. The van der Waals surface area contributed by atoms with Crippen molar-refractivity contribution in [3.63, 3.8) is 0 Å². The molecule has 0 spiro atoms. The van der Waals surface area contributed by atoms with Crippen molar-refractivity contribution in [3.05, 3.63) is 24.3 Å². The summed E-state index contributed by atoms with van der Waals surface area (Å²) in [6.07, 6.45) is 7.70. The van der Waals surface area contributed by atoms with E-state index in [-0.39, 0.29) is 0 Å². The number of hydrogen-bond acceptors (Lipinski definition) is 3. The highest BCUT2D eigenvalue weighted by Gasteiger charge is 2.30. The lowest BCUT2D eigenvalue weighted by Gasteiger charge is -2.33. The normalized spacial score (nSPS) is 30.4. The van der Waals surface area contributed by atoms with E-state index in [0.29, 0.717) is 0 Å². The van der Waals surface area contributed by atoms with Gasteiger partial charge >= 0.3 is 0 Å². The number of para-hydroxylation sites is 1. The maximum Gasteiger partial charge on any atom is 0.0775 e. The Morgan fingerprint density at radius 1 is 1.22 bits per heavy atom. The second-order valence-electron chi connectivity index (χ2n) is 5.08. The highest BCUT2D eigenvalue weighted by atomic mass is 32.2. The zero-order valence-electron chi connectivity index (χ0n) is 10.8. The molecule has 1 heterocycles. The number of aliphatic imine (C=N–C) groups is 1. The molecule has 3 heteroatoms. The van der Waals surface area contributed by atoms with E-state index in [9.17, 15) is 0 Å². The summed E-state index contributed by atoms with van der Waals surface area (Å²) < 4.78 is 0. The molecular formula is C15H19NS2. The van der Waals surface area contributed by atoms with Crippen LogP contribution in [0.15, 0.2) is 34.2 Å². The van der Waals surface area contributed by atoms with Crippen LogP contribution < -0.4 is 0 Å². The van der Waals surface area contributed by atoms with Crippen LogP contribution in [-0.2, 0) is 0 Å². The van der Waals surface area contributed by atoms with Crippen molar-refractivity contribution in [1.29, 1.82) is 0 Å². The zero-order chi connectivity index (χ0) is 12.4. The van der Waals surface area contributed by atoms with Gasteiger partial charge in [0.25, 0.3) is 0 Å². The minimum atomic E-state index is 0.717. The number of thioether (sulfide) groups is 2. The SMILES string of the molecule is CS/C1=N/c2ccccc2SCC2CCCCC12. The molecule has 1 fully saturated rings. The van der Waals surface area contributed by atoms with Gasteiger partial charge in [-0.25, -0.2) is 4.99 Å². The minimum Gasteiger partial charge on any atom is -0.245 e. The first-order valence-electron chi connectivity index (χ1n) is 6.73. The first-order valence-corrected chi connectivity index (χ1v) is 8.94. The lowest BCUT2D eigenvalue weighted by atomic mass is 9.81. The summed E-state index contributed by atoms with van der Waals surface area (Å²) in [7, 11) is 0. The molecule has 2 unspecified atom stereocenters. The molecule has 0 radical (unpaired) electrons. The molecule has 0 amide bonds.